The molecule has 108 valence electrons. The fourth-order valence-electron chi connectivity index (χ4n) is 1.89. The van der Waals surface area contributed by atoms with Crippen molar-refractivity contribution < 1.29 is 4.74 Å². The molecule has 0 bridgehead atoms. The maximum atomic E-state index is 5.76. The van der Waals surface area contributed by atoms with Crippen LogP contribution in [0.4, 0.5) is 0 Å². The van der Waals surface area contributed by atoms with E-state index in [-0.39, 0.29) is 0 Å². The molecule has 0 spiro atoms. The normalized spacial score (nSPS) is 11.1. The van der Waals surface area contributed by atoms with Gasteiger partial charge in [-0.3, -0.25) is 0 Å². The molecule has 0 saturated heterocycles. The lowest BCUT2D eigenvalue weighted by Crippen LogP contribution is -2.19. The molecule has 0 saturated carbocycles. The van der Waals surface area contributed by atoms with Crippen molar-refractivity contribution in [2.75, 3.05) is 6.54 Å². The van der Waals surface area contributed by atoms with Gasteiger partial charge in [0, 0.05) is 25.7 Å². The number of nitrogens with one attached hydrogen (secondary N) is 1. The number of aromatic nitrogens is 3. The summed E-state index contributed by atoms with van der Waals surface area (Å²) in [6, 6.07) is 7.70. The van der Waals surface area contributed by atoms with Crippen LogP contribution in [-0.4, -0.2) is 21.3 Å². The second kappa shape index (κ2) is 6.52. The number of aryl methyl sites for hydroxylation is 2. The van der Waals surface area contributed by atoms with E-state index in [0.29, 0.717) is 17.7 Å². The van der Waals surface area contributed by atoms with Gasteiger partial charge in [0.2, 0.25) is 11.8 Å². The van der Waals surface area contributed by atoms with Crippen molar-refractivity contribution in [3.63, 3.8) is 0 Å². The molecule has 0 radical (unpaired) electrons. The van der Waals surface area contributed by atoms with E-state index >= 15 is 0 Å². The van der Waals surface area contributed by atoms with Gasteiger partial charge in [-0.25, -0.2) is 9.67 Å². The molecule has 20 heavy (non-hydrogen) atoms. The highest BCUT2D eigenvalue weighted by Crippen LogP contribution is 2.19. The summed E-state index contributed by atoms with van der Waals surface area (Å²) in [4.78, 5) is 4.49. The number of hydrogen-bond acceptors (Lipinski definition) is 4. The predicted molar refractivity (Wildman–Crippen MR) is 78.8 cm³/mol. The molecule has 0 unspecified atom stereocenters. The quantitative estimate of drug-likeness (QED) is 0.880. The van der Waals surface area contributed by atoms with Crippen LogP contribution >= 0.6 is 0 Å². The van der Waals surface area contributed by atoms with Crippen molar-refractivity contribution in [2.45, 2.75) is 27.3 Å². The van der Waals surface area contributed by atoms with Crippen LogP contribution in [0.3, 0.4) is 0 Å². The highest BCUT2D eigenvalue weighted by molar-refractivity contribution is 5.23. The van der Waals surface area contributed by atoms with Gasteiger partial charge in [0.25, 0.3) is 0 Å². The van der Waals surface area contributed by atoms with E-state index < -0.39 is 0 Å². The minimum Gasteiger partial charge on any atom is -0.421 e. The number of pyridine rings is 1. The van der Waals surface area contributed by atoms with Gasteiger partial charge < -0.3 is 10.1 Å². The fraction of sp³-hybridized carbons (Fsp3) is 0.467. The molecule has 0 aromatic carbocycles. The Balaban J connectivity index is 2.00. The Kier molecular flexibility index (Phi) is 4.74. The van der Waals surface area contributed by atoms with Gasteiger partial charge in [-0.1, -0.05) is 19.9 Å². The maximum absolute atomic E-state index is 5.76. The zero-order valence-corrected chi connectivity index (χ0v) is 12.6. The van der Waals surface area contributed by atoms with E-state index in [9.17, 15) is 0 Å². The summed E-state index contributed by atoms with van der Waals surface area (Å²) in [7, 11) is 1.86. The second-order valence-electron chi connectivity index (χ2n) is 5.34. The Morgan fingerprint density at radius 1 is 1.35 bits per heavy atom. The molecule has 0 aliphatic rings. The van der Waals surface area contributed by atoms with Gasteiger partial charge in [0.1, 0.15) is 0 Å². The average molecular weight is 274 g/mol. The monoisotopic (exact) mass is 274 g/mol. The van der Waals surface area contributed by atoms with Gasteiger partial charge in [0.15, 0.2) is 0 Å². The predicted octanol–water partition coefficient (Wildman–Crippen LogP) is 2.66. The first-order valence-electron chi connectivity index (χ1n) is 6.89. The van der Waals surface area contributed by atoms with Crippen molar-refractivity contribution >= 4 is 0 Å². The van der Waals surface area contributed by atoms with Crippen molar-refractivity contribution in [1.82, 2.24) is 20.1 Å². The Hall–Kier alpha value is -1.88. The van der Waals surface area contributed by atoms with E-state index in [1.807, 2.05) is 38.2 Å². The van der Waals surface area contributed by atoms with E-state index in [4.69, 9.17) is 4.74 Å². The second-order valence-corrected chi connectivity index (χ2v) is 5.34. The molecule has 0 amide bonds. The van der Waals surface area contributed by atoms with E-state index in [1.165, 1.54) is 0 Å². The molecule has 0 aliphatic heterocycles. The molecule has 0 aliphatic carbocycles. The average Bonchev–Trinajstić information content (AvgIpc) is 2.68. The lowest BCUT2D eigenvalue weighted by molar-refractivity contribution is 0.413. The van der Waals surface area contributed by atoms with E-state index in [1.54, 1.807) is 4.68 Å². The molecular formula is C15H22N4O. The lowest BCUT2D eigenvalue weighted by atomic mass is 10.2. The third kappa shape index (κ3) is 4.06. The number of nitrogens with zero attached hydrogens (tertiary/aromatic N) is 3. The van der Waals surface area contributed by atoms with Crippen LogP contribution in [-0.2, 0) is 13.6 Å². The minimum absolute atomic E-state index is 0.594. The van der Waals surface area contributed by atoms with Gasteiger partial charge in [0.05, 0.1) is 11.4 Å². The fourth-order valence-corrected chi connectivity index (χ4v) is 1.89. The summed E-state index contributed by atoms with van der Waals surface area (Å²) >= 11 is 0. The summed E-state index contributed by atoms with van der Waals surface area (Å²) < 4.78 is 7.47. The molecule has 2 aromatic rings. The van der Waals surface area contributed by atoms with Crippen molar-refractivity contribution in [2.24, 2.45) is 13.0 Å². The summed E-state index contributed by atoms with van der Waals surface area (Å²) in [5.41, 5.74) is 1.90. The van der Waals surface area contributed by atoms with Crippen LogP contribution in [0.2, 0.25) is 0 Å². The van der Waals surface area contributed by atoms with Gasteiger partial charge in [-0.2, -0.15) is 5.10 Å². The third-order valence-electron chi connectivity index (χ3n) is 2.81. The van der Waals surface area contributed by atoms with Gasteiger partial charge in [-0.05, 0) is 25.5 Å². The SMILES string of the molecule is Cc1cc(Oc2cccc(CNCC(C)C)n2)n(C)n1. The zero-order valence-electron chi connectivity index (χ0n) is 12.6. The van der Waals surface area contributed by atoms with Gasteiger partial charge in [-0.15, -0.1) is 0 Å². The van der Waals surface area contributed by atoms with Crippen LogP contribution < -0.4 is 10.1 Å². The highest BCUT2D eigenvalue weighted by Gasteiger charge is 2.06. The first-order chi connectivity index (χ1) is 9.54. The smallest absolute Gasteiger partial charge is 0.221 e. The number of hydrogen-bond donors (Lipinski definition) is 1. The van der Waals surface area contributed by atoms with Crippen molar-refractivity contribution in [3.8, 4) is 11.8 Å². The first-order valence-corrected chi connectivity index (χ1v) is 6.89. The molecular weight excluding hydrogens is 252 g/mol. The van der Waals surface area contributed by atoms with Crippen molar-refractivity contribution in [1.29, 1.82) is 0 Å². The molecule has 5 heteroatoms. The first kappa shape index (κ1) is 14.5. The number of rotatable bonds is 6. The van der Waals surface area contributed by atoms with Crippen LogP contribution in [0.5, 0.6) is 11.8 Å². The number of ether oxygens (including phenoxy) is 1. The van der Waals surface area contributed by atoms with Crippen molar-refractivity contribution in [3.05, 3.63) is 35.7 Å². The van der Waals surface area contributed by atoms with Crippen LogP contribution in [0.1, 0.15) is 25.2 Å². The van der Waals surface area contributed by atoms with Crippen LogP contribution in [0.25, 0.3) is 0 Å². The molecule has 1 N–H and O–H groups in total. The summed E-state index contributed by atoms with van der Waals surface area (Å²) in [6.45, 7) is 8.04. The lowest BCUT2D eigenvalue weighted by Gasteiger charge is -2.08. The summed E-state index contributed by atoms with van der Waals surface area (Å²) in [5.74, 6) is 1.92. The molecule has 0 atom stereocenters. The standard InChI is InChI=1S/C15H22N4O/c1-11(2)9-16-10-13-6-5-7-14(17-13)20-15-8-12(3)18-19(15)4/h5-8,11,16H,9-10H2,1-4H3. The Labute approximate surface area is 120 Å². The Morgan fingerprint density at radius 2 is 2.15 bits per heavy atom. The molecule has 5 nitrogen and oxygen atoms in total. The summed E-state index contributed by atoms with van der Waals surface area (Å²) in [5, 5.41) is 7.62. The molecule has 2 heterocycles. The summed E-state index contributed by atoms with van der Waals surface area (Å²) in [6.07, 6.45) is 0. The molecule has 2 rings (SSSR count). The van der Waals surface area contributed by atoms with E-state index in [2.05, 4.69) is 29.2 Å². The maximum Gasteiger partial charge on any atom is 0.221 e. The van der Waals surface area contributed by atoms with Crippen LogP contribution in [0, 0.1) is 12.8 Å². The Bertz CT molecular complexity index is 563. The van der Waals surface area contributed by atoms with Crippen LogP contribution in [0.15, 0.2) is 24.3 Å². The van der Waals surface area contributed by atoms with E-state index in [0.717, 1.165) is 24.5 Å². The topological polar surface area (TPSA) is 52.0 Å². The zero-order chi connectivity index (χ0) is 14.5. The Morgan fingerprint density at radius 3 is 2.80 bits per heavy atom. The minimum atomic E-state index is 0.594. The third-order valence-corrected chi connectivity index (χ3v) is 2.81. The van der Waals surface area contributed by atoms with Gasteiger partial charge >= 0.3 is 0 Å². The molecule has 2 aromatic heterocycles. The molecule has 0 fully saturated rings. The highest BCUT2D eigenvalue weighted by atomic mass is 16.5. The largest absolute Gasteiger partial charge is 0.421 e.